The molecule has 2 aromatic rings. The molecule has 0 aromatic heterocycles. The van der Waals surface area contributed by atoms with E-state index in [0.717, 1.165) is 18.2 Å². The Morgan fingerprint density at radius 1 is 1.22 bits per heavy atom. The number of esters is 1. The van der Waals surface area contributed by atoms with Crippen LogP contribution in [0.3, 0.4) is 0 Å². The van der Waals surface area contributed by atoms with Crippen molar-refractivity contribution in [2.45, 2.75) is 12.8 Å². The molecule has 0 fully saturated rings. The fourth-order valence-corrected chi connectivity index (χ4v) is 2.60. The highest BCUT2D eigenvalue weighted by atomic mass is 16.5. The molecular formula is C15H11NO2. The minimum absolute atomic E-state index is 0.207. The van der Waals surface area contributed by atoms with E-state index in [1.54, 1.807) is 6.07 Å². The monoisotopic (exact) mass is 237 g/mol. The van der Waals surface area contributed by atoms with Crippen molar-refractivity contribution in [2.75, 3.05) is 6.61 Å². The molecule has 3 nitrogen and oxygen atoms in total. The van der Waals surface area contributed by atoms with E-state index in [1.165, 1.54) is 16.5 Å². The lowest BCUT2D eigenvalue weighted by Crippen LogP contribution is -2.06. The smallest absolute Gasteiger partial charge is 0.339 e. The van der Waals surface area contributed by atoms with Gasteiger partial charge in [-0.3, -0.25) is 0 Å². The van der Waals surface area contributed by atoms with Crippen LogP contribution in [0.5, 0.6) is 0 Å². The van der Waals surface area contributed by atoms with Crippen molar-refractivity contribution < 1.29 is 9.53 Å². The van der Waals surface area contributed by atoms with Crippen LogP contribution < -0.4 is 0 Å². The third-order valence-electron chi connectivity index (χ3n) is 3.36. The first kappa shape index (κ1) is 10.8. The Morgan fingerprint density at radius 3 is 2.78 bits per heavy atom. The van der Waals surface area contributed by atoms with E-state index in [2.05, 4.69) is 6.07 Å². The van der Waals surface area contributed by atoms with Crippen molar-refractivity contribution in [3.8, 4) is 6.07 Å². The lowest BCUT2D eigenvalue weighted by atomic mass is 10.00. The van der Waals surface area contributed by atoms with Crippen LogP contribution in [0.15, 0.2) is 30.3 Å². The van der Waals surface area contributed by atoms with Crippen LogP contribution in [0.1, 0.15) is 21.5 Å². The van der Waals surface area contributed by atoms with E-state index in [1.807, 2.05) is 24.3 Å². The van der Waals surface area contributed by atoms with Crippen molar-refractivity contribution in [1.29, 1.82) is 5.26 Å². The summed E-state index contributed by atoms with van der Waals surface area (Å²) in [5.41, 5.74) is 3.13. The van der Waals surface area contributed by atoms with E-state index in [4.69, 9.17) is 10.00 Å². The Hall–Kier alpha value is -2.34. The highest BCUT2D eigenvalue weighted by Crippen LogP contribution is 2.32. The van der Waals surface area contributed by atoms with Gasteiger partial charge in [-0.25, -0.2) is 4.79 Å². The summed E-state index contributed by atoms with van der Waals surface area (Å²) in [4.78, 5) is 11.9. The maximum absolute atomic E-state index is 11.9. The topological polar surface area (TPSA) is 50.1 Å². The maximum Gasteiger partial charge on any atom is 0.339 e. The molecule has 0 bridgehead atoms. The second-order valence-electron chi connectivity index (χ2n) is 4.35. The van der Waals surface area contributed by atoms with Gasteiger partial charge in [0.2, 0.25) is 0 Å². The van der Waals surface area contributed by atoms with Gasteiger partial charge < -0.3 is 4.74 Å². The van der Waals surface area contributed by atoms with Gasteiger partial charge in [0.05, 0.1) is 5.56 Å². The molecule has 0 amide bonds. The molecule has 88 valence electrons. The zero-order valence-corrected chi connectivity index (χ0v) is 9.77. The van der Waals surface area contributed by atoms with Crippen LogP contribution in [0.2, 0.25) is 0 Å². The van der Waals surface area contributed by atoms with Crippen LogP contribution in [-0.4, -0.2) is 12.6 Å². The largest absolute Gasteiger partial charge is 0.447 e. The summed E-state index contributed by atoms with van der Waals surface area (Å²) >= 11 is 0. The molecule has 0 saturated carbocycles. The molecule has 18 heavy (non-hydrogen) atoms. The van der Waals surface area contributed by atoms with E-state index < -0.39 is 5.97 Å². The summed E-state index contributed by atoms with van der Waals surface area (Å²) in [6, 6.07) is 11.6. The molecule has 0 spiro atoms. The minimum atomic E-state index is -0.424. The van der Waals surface area contributed by atoms with Gasteiger partial charge in [-0.15, -0.1) is 0 Å². The number of nitrogens with zero attached hydrogens (tertiary/aromatic N) is 1. The number of carbonyl (C=O) groups excluding carboxylic acids is 1. The molecule has 3 rings (SSSR count). The third-order valence-corrected chi connectivity index (χ3v) is 3.36. The van der Waals surface area contributed by atoms with Crippen LogP contribution in [0.25, 0.3) is 10.8 Å². The van der Waals surface area contributed by atoms with Gasteiger partial charge in [0.1, 0.15) is 6.07 Å². The van der Waals surface area contributed by atoms with Crippen molar-refractivity contribution in [3.05, 3.63) is 47.0 Å². The first-order valence-electron chi connectivity index (χ1n) is 5.89. The van der Waals surface area contributed by atoms with Crippen molar-refractivity contribution >= 4 is 16.7 Å². The van der Waals surface area contributed by atoms with Crippen LogP contribution >= 0.6 is 0 Å². The lowest BCUT2D eigenvalue weighted by Gasteiger charge is -2.07. The molecular weight excluding hydrogens is 226 g/mol. The van der Waals surface area contributed by atoms with Gasteiger partial charge in [0, 0.05) is 0 Å². The minimum Gasteiger partial charge on any atom is -0.447 e. The highest BCUT2D eigenvalue weighted by Gasteiger charge is 2.19. The Morgan fingerprint density at radius 2 is 2.00 bits per heavy atom. The number of nitriles is 1. The van der Waals surface area contributed by atoms with Crippen molar-refractivity contribution in [3.63, 3.8) is 0 Å². The number of benzene rings is 2. The number of rotatable bonds is 2. The standard InChI is InChI=1S/C15H11NO2/c16-8-9-18-15(17)13-7-6-11-5-4-10-2-1-3-12(13)14(10)11/h1-3,6-7H,4-5,9H2. The summed E-state index contributed by atoms with van der Waals surface area (Å²) in [6.07, 6.45) is 2.06. The fraction of sp³-hybridized carbons (Fsp3) is 0.200. The summed E-state index contributed by atoms with van der Waals surface area (Å²) < 4.78 is 4.89. The fourth-order valence-electron chi connectivity index (χ4n) is 2.60. The molecule has 0 atom stereocenters. The van der Waals surface area contributed by atoms with Crippen molar-refractivity contribution in [1.82, 2.24) is 0 Å². The number of hydrogen-bond acceptors (Lipinski definition) is 3. The number of hydrogen-bond donors (Lipinski definition) is 0. The van der Waals surface area contributed by atoms with Crippen LogP contribution in [-0.2, 0) is 17.6 Å². The second kappa shape index (κ2) is 4.15. The molecule has 0 radical (unpaired) electrons. The molecule has 0 saturated heterocycles. The van der Waals surface area contributed by atoms with Gasteiger partial charge in [-0.2, -0.15) is 5.26 Å². The molecule has 2 aromatic carbocycles. The van der Waals surface area contributed by atoms with Gasteiger partial charge in [0.15, 0.2) is 6.61 Å². The first-order valence-corrected chi connectivity index (χ1v) is 5.89. The Kier molecular flexibility index (Phi) is 2.49. The molecule has 1 aliphatic rings. The number of carbonyl (C=O) groups is 1. The quantitative estimate of drug-likeness (QED) is 0.754. The Labute approximate surface area is 105 Å². The van der Waals surface area contributed by atoms with E-state index >= 15 is 0 Å². The predicted molar refractivity (Wildman–Crippen MR) is 67.3 cm³/mol. The highest BCUT2D eigenvalue weighted by molar-refractivity contribution is 6.07. The molecule has 0 aliphatic heterocycles. The van der Waals surface area contributed by atoms with E-state index in [9.17, 15) is 4.79 Å². The average Bonchev–Trinajstić information content (AvgIpc) is 2.82. The molecule has 1 aliphatic carbocycles. The summed E-state index contributed by atoms with van der Waals surface area (Å²) in [6.45, 7) is -0.207. The zero-order valence-electron chi connectivity index (χ0n) is 9.77. The normalized spacial score (nSPS) is 12.4. The summed E-state index contributed by atoms with van der Waals surface area (Å²) in [7, 11) is 0. The Bertz CT molecular complexity index is 672. The molecule has 0 heterocycles. The number of aryl methyl sites for hydroxylation is 2. The summed E-state index contributed by atoms with van der Waals surface area (Å²) in [5.74, 6) is -0.424. The average molecular weight is 237 g/mol. The lowest BCUT2D eigenvalue weighted by molar-refractivity contribution is 0.0557. The predicted octanol–water partition coefficient (Wildman–Crippen LogP) is 2.62. The Balaban J connectivity index is 2.15. The van der Waals surface area contributed by atoms with Crippen LogP contribution in [0.4, 0.5) is 0 Å². The van der Waals surface area contributed by atoms with Gasteiger partial charge in [-0.05, 0) is 40.8 Å². The summed E-state index contributed by atoms with van der Waals surface area (Å²) in [5, 5.41) is 10.6. The van der Waals surface area contributed by atoms with Gasteiger partial charge in [0.25, 0.3) is 0 Å². The third kappa shape index (κ3) is 1.54. The SMILES string of the molecule is N#CCOC(=O)c1ccc2c3c(cccc13)CC2. The second-order valence-corrected chi connectivity index (χ2v) is 4.35. The van der Waals surface area contributed by atoms with E-state index in [0.29, 0.717) is 5.56 Å². The van der Waals surface area contributed by atoms with Gasteiger partial charge >= 0.3 is 5.97 Å². The molecule has 0 unspecified atom stereocenters. The first-order chi connectivity index (χ1) is 8.81. The number of ether oxygens (including phenoxy) is 1. The van der Waals surface area contributed by atoms with E-state index in [-0.39, 0.29) is 6.61 Å². The molecule has 3 heteroatoms. The van der Waals surface area contributed by atoms with Crippen molar-refractivity contribution in [2.24, 2.45) is 0 Å². The molecule has 0 N–H and O–H groups in total. The maximum atomic E-state index is 11.9. The van der Waals surface area contributed by atoms with Gasteiger partial charge in [-0.1, -0.05) is 24.3 Å². The van der Waals surface area contributed by atoms with Crippen LogP contribution in [0, 0.1) is 11.3 Å². The zero-order chi connectivity index (χ0) is 12.5.